The normalized spacial score (nSPS) is 11.0. The maximum absolute atomic E-state index is 11.0. The minimum absolute atomic E-state index is 0.332. The summed E-state index contributed by atoms with van der Waals surface area (Å²) in [6.45, 7) is 2.26. The average Bonchev–Trinajstić information content (AvgIpc) is 2.86. The third-order valence-corrected chi connectivity index (χ3v) is 4.38. The molecule has 0 atom stereocenters. The zero-order chi connectivity index (χ0) is 16.2. The Morgan fingerprint density at radius 1 is 1.00 bits per heavy atom. The number of imidazole rings is 1. The second-order valence-corrected chi connectivity index (χ2v) is 6.27. The summed E-state index contributed by atoms with van der Waals surface area (Å²) in [4.78, 5) is 14.0. The van der Waals surface area contributed by atoms with Crippen molar-refractivity contribution in [1.82, 2.24) is 4.98 Å². The molecular formula is C18H33N2O2+. The van der Waals surface area contributed by atoms with Gasteiger partial charge in [0, 0.05) is 6.42 Å². The SMILES string of the molecule is CCCCCCCCCCCCCc1[nH]cc(C(=O)O)[n+]1C. The molecule has 1 heterocycles. The number of carboxylic acid groups (broad SMARTS) is 1. The van der Waals surface area contributed by atoms with E-state index in [-0.39, 0.29) is 0 Å². The van der Waals surface area contributed by atoms with Crippen LogP contribution in [0.1, 0.15) is 93.9 Å². The molecule has 4 nitrogen and oxygen atoms in total. The van der Waals surface area contributed by atoms with Gasteiger partial charge < -0.3 is 5.11 Å². The van der Waals surface area contributed by atoms with Crippen LogP contribution in [0.5, 0.6) is 0 Å². The molecule has 126 valence electrons. The van der Waals surface area contributed by atoms with Gasteiger partial charge in [0.2, 0.25) is 0 Å². The number of aromatic nitrogens is 2. The number of H-pyrrole nitrogens is 1. The second kappa shape index (κ2) is 11.3. The lowest BCUT2D eigenvalue weighted by Gasteiger charge is -2.02. The summed E-state index contributed by atoms with van der Waals surface area (Å²) in [6, 6.07) is 0. The standard InChI is InChI=1S/C18H32N2O2/c1-3-4-5-6-7-8-9-10-11-12-13-14-17-19-15-16(18(21)22)20(17)2/h15H,3-14H2,1-2H3,(H,21,22)/p+1. The van der Waals surface area contributed by atoms with Gasteiger partial charge in [0.15, 0.2) is 0 Å². The van der Waals surface area contributed by atoms with Crippen molar-refractivity contribution in [3.05, 3.63) is 17.7 Å². The summed E-state index contributed by atoms with van der Waals surface area (Å²) < 4.78 is 1.75. The number of nitrogens with zero attached hydrogens (tertiary/aromatic N) is 1. The van der Waals surface area contributed by atoms with E-state index in [2.05, 4.69) is 11.9 Å². The molecule has 4 heteroatoms. The van der Waals surface area contributed by atoms with Crippen LogP contribution < -0.4 is 4.57 Å². The van der Waals surface area contributed by atoms with E-state index in [9.17, 15) is 4.79 Å². The fourth-order valence-electron chi connectivity index (χ4n) is 2.89. The van der Waals surface area contributed by atoms with E-state index in [0.29, 0.717) is 5.69 Å². The van der Waals surface area contributed by atoms with Gasteiger partial charge in [-0.25, -0.2) is 14.3 Å². The van der Waals surface area contributed by atoms with E-state index in [1.165, 1.54) is 64.2 Å². The van der Waals surface area contributed by atoms with Gasteiger partial charge in [-0.1, -0.05) is 71.1 Å². The highest BCUT2D eigenvalue weighted by molar-refractivity contribution is 5.83. The summed E-state index contributed by atoms with van der Waals surface area (Å²) >= 11 is 0. The molecule has 2 N–H and O–H groups in total. The number of hydrogen-bond donors (Lipinski definition) is 2. The first-order chi connectivity index (χ1) is 10.7. The lowest BCUT2D eigenvalue weighted by Crippen LogP contribution is -2.37. The van der Waals surface area contributed by atoms with Crippen molar-refractivity contribution in [2.24, 2.45) is 7.05 Å². The number of rotatable bonds is 13. The highest BCUT2D eigenvalue weighted by Crippen LogP contribution is 2.12. The first-order valence-electron chi connectivity index (χ1n) is 8.96. The van der Waals surface area contributed by atoms with Crippen molar-refractivity contribution in [2.75, 3.05) is 0 Å². The Bertz CT molecular complexity index is 427. The Hall–Kier alpha value is -1.32. The molecular weight excluding hydrogens is 276 g/mol. The monoisotopic (exact) mass is 309 g/mol. The Kier molecular flexibility index (Phi) is 9.60. The van der Waals surface area contributed by atoms with Gasteiger partial charge >= 0.3 is 5.97 Å². The third-order valence-electron chi connectivity index (χ3n) is 4.38. The first-order valence-corrected chi connectivity index (χ1v) is 8.96. The van der Waals surface area contributed by atoms with Crippen LogP contribution in [0.15, 0.2) is 6.20 Å². The minimum atomic E-state index is -0.871. The van der Waals surface area contributed by atoms with Crippen LogP contribution in [0, 0.1) is 0 Å². The van der Waals surface area contributed by atoms with E-state index >= 15 is 0 Å². The Morgan fingerprint density at radius 2 is 1.50 bits per heavy atom. The van der Waals surface area contributed by atoms with E-state index in [1.807, 2.05) is 7.05 Å². The van der Waals surface area contributed by atoms with E-state index in [1.54, 1.807) is 10.8 Å². The molecule has 0 aliphatic carbocycles. The number of unbranched alkanes of at least 4 members (excludes halogenated alkanes) is 10. The van der Waals surface area contributed by atoms with Crippen LogP contribution in [-0.4, -0.2) is 16.1 Å². The van der Waals surface area contributed by atoms with Crippen LogP contribution in [-0.2, 0) is 13.5 Å². The fraction of sp³-hybridized carbons (Fsp3) is 0.778. The van der Waals surface area contributed by atoms with Crippen molar-refractivity contribution in [2.45, 2.75) is 84.0 Å². The molecule has 0 aliphatic rings. The highest BCUT2D eigenvalue weighted by atomic mass is 16.4. The van der Waals surface area contributed by atoms with Crippen LogP contribution in [0.25, 0.3) is 0 Å². The predicted octanol–water partition coefficient (Wildman–Crippen LogP) is 4.39. The van der Waals surface area contributed by atoms with Gasteiger partial charge in [0.25, 0.3) is 11.5 Å². The van der Waals surface area contributed by atoms with Crippen molar-refractivity contribution >= 4 is 5.97 Å². The number of aromatic amines is 1. The summed E-state index contributed by atoms with van der Waals surface area (Å²) in [6.07, 6.45) is 17.2. The predicted molar refractivity (Wildman–Crippen MR) is 89.1 cm³/mol. The van der Waals surface area contributed by atoms with Gasteiger partial charge in [-0.2, -0.15) is 0 Å². The van der Waals surface area contributed by atoms with Crippen molar-refractivity contribution in [3.8, 4) is 0 Å². The summed E-state index contributed by atoms with van der Waals surface area (Å²) in [5.41, 5.74) is 0.332. The fourth-order valence-corrected chi connectivity index (χ4v) is 2.89. The van der Waals surface area contributed by atoms with Gasteiger partial charge in [0.05, 0.1) is 7.05 Å². The number of carboxylic acids is 1. The van der Waals surface area contributed by atoms with E-state index in [0.717, 1.165) is 18.7 Å². The highest BCUT2D eigenvalue weighted by Gasteiger charge is 2.19. The molecule has 0 aliphatic heterocycles. The molecule has 0 spiro atoms. The van der Waals surface area contributed by atoms with Gasteiger partial charge in [-0.05, 0) is 6.42 Å². The Balaban J connectivity index is 1.99. The van der Waals surface area contributed by atoms with E-state index in [4.69, 9.17) is 5.11 Å². The molecule has 0 aromatic carbocycles. The van der Waals surface area contributed by atoms with Crippen molar-refractivity contribution in [3.63, 3.8) is 0 Å². The summed E-state index contributed by atoms with van der Waals surface area (Å²) in [5.74, 6) is 0.136. The topological polar surface area (TPSA) is 57.0 Å². The van der Waals surface area contributed by atoms with Gasteiger partial charge in [-0.15, -0.1) is 0 Å². The molecule has 0 saturated heterocycles. The zero-order valence-electron chi connectivity index (χ0n) is 14.4. The van der Waals surface area contributed by atoms with Gasteiger partial charge in [0.1, 0.15) is 6.20 Å². The molecule has 1 aromatic heterocycles. The molecule has 0 bridgehead atoms. The van der Waals surface area contributed by atoms with Crippen LogP contribution in [0.4, 0.5) is 0 Å². The third kappa shape index (κ3) is 7.10. The molecule has 0 fully saturated rings. The van der Waals surface area contributed by atoms with Crippen LogP contribution in [0.2, 0.25) is 0 Å². The molecule has 0 saturated carbocycles. The first kappa shape index (κ1) is 18.7. The van der Waals surface area contributed by atoms with Crippen molar-refractivity contribution in [1.29, 1.82) is 0 Å². The second-order valence-electron chi connectivity index (χ2n) is 6.27. The lowest BCUT2D eigenvalue weighted by atomic mass is 10.1. The minimum Gasteiger partial charge on any atom is -0.475 e. The molecule has 0 amide bonds. The largest absolute Gasteiger partial charge is 0.475 e. The smallest absolute Gasteiger partial charge is 0.379 e. The summed E-state index contributed by atoms with van der Waals surface area (Å²) in [5, 5.41) is 9.00. The van der Waals surface area contributed by atoms with Crippen LogP contribution in [0.3, 0.4) is 0 Å². The maximum Gasteiger partial charge on any atom is 0.379 e. The zero-order valence-corrected chi connectivity index (χ0v) is 14.4. The molecule has 1 rings (SSSR count). The molecule has 22 heavy (non-hydrogen) atoms. The quantitative estimate of drug-likeness (QED) is 0.419. The van der Waals surface area contributed by atoms with Crippen LogP contribution >= 0.6 is 0 Å². The number of nitrogens with one attached hydrogen (secondary N) is 1. The average molecular weight is 309 g/mol. The summed E-state index contributed by atoms with van der Waals surface area (Å²) in [7, 11) is 1.81. The molecule has 1 aromatic rings. The number of hydrogen-bond acceptors (Lipinski definition) is 1. The molecule has 0 unspecified atom stereocenters. The number of carbonyl (C=O) groups is 1. The van der Waals surface area contributed by atoms with E-state index < -0.39 is 5.97 Å². The van der Waals surface area contributed by atoms with Gasteiger partial charge in [-0.3, -0.25) is 0 Å². The maximum atomic E-state index is 11.0. The lowest BCUT2D eigenvalue weighted by molar-refractivity contribution is -0.680. The van der Waals surface area contributed by atoms with Crippen molar-refractivity contribution < 1.29 is 14.5 Å². The number of aromatic carboxylic acids is 1. The Labute approximate surface area is 135 Å². The number of aryl methyl sites for hydroxylation is 1. The molecule has 0 radical (unpaired) electrons. The Morgan fingerprint density at radius 3 is 1.95 bits per heavy atom.